The number of furan rings is 1. The van der Waals surface area contributed by atoms with Crippen molar-refractivity contribution in [3.8, 4) is 0 Å². The van der Waals surface area contributed by atoms with Gasteiger partial charge in [-0.1, -0.05) is 12.1 Å². The molecule has 5 heteroatoms. The lowest BCUT2D eigenvalue weighted by atomic mass is 10.3. The van der Waals surface area contributed by atoms with E-state index in [-0.39, 0.29) is 0 Å². The minimum atomic E-state index is 0.579. The van der Waals surface area contributed by atoms with E-state index >= 15 is 0 Å². The Morgan fingerprint density at radius 2 is 2.11 bits per heavy atom. The van der Waals surface area contributed by atoms with E-state index < -0.39 is 0 Å². The van der Waals surface area contributed by atoms with Gasteiger partial charge in [0.1, 0.15) is 5.76 Å². The molecule has 19 heavy (non-hydrogen) atoms. The number of nitrogens with zero attached hydrogens (tertiary/aromatic N) is 2. The minimum absolute atomic E-state index is 0.579. The molecule has 0 spiro atoms. The molecule has 0 aliphatic carbocycles. The molecule has 2 heterocycles. The summed E-state index contributed by atoms with van der Waals surface area (Å²) in [6.07, 6.45) is 1.67. The highest BCUT2D eigenvalue weighted by atomic mass is 16.3. The molecule has 3 aromatic rings. The van der Waals surface area contributed by atoms with E-state index in [1.54, 1.807) is 6.26 Å². The highest BCUT2D eigenvalue weighted by Gasteiger charge is 2.09. The number of nitrogens with two attached hydrogens (primary N) is 1. The predicted octanol–water partition coefficient (Wildman–Crippen LogP) is 2.20. The van der Waals surface area contributed by atoms with Crippen LogP contribution in [0, 0.1) is 0 Å². The topological polar surface area (TPSA) is 69.0 Å². The fourth-order valence-electron chi connectivity index (χ4n) is 2.15. The molecule has 1 aromatic carbocycles. The quantitative estimate of drug-likeness (QED) is 0.734. The summed E-state index contributed by atoms with van der Waals surface area (Å²) in [4.78, 5) is 4.59. The highest BCUT2D eigenvalue weighted by molar-refractivity contribution is 5.78. The fraction of sp³-hybridized carbons (Fsp3) is 0.214. The Hall–Kier alpha value is -2.27. The van der Waals surface area contributed by atoms with Gasteiger partial charge in [-0.05, 0) is 24.3 Å². The Kier molecular flexibility index (Phi) is 3.20. The SMILES string of the molecule is NCCn1c(NCc2ccco2)nc2ccccc21. The molecular weight excluding hydrogens is 240 g/mol. The molecule has 0 amide bonds. The van der Waals surface area contributed by atoms with Crippen LogP contribution in [-0.2, 0) is 13.1 Å². The molecule has 3 N–H and O–H groups in total. The van der Waals surface area contributed by atoms with E-state index in [2.05, 4.69) is 20.9 Å². The van der Waals surface area contributed by atoms with E-state index in [4.69, 9.17) is 10.2 Å². The molecule has 3 rings (SSSR count). The molecule has 2 aromatic heterocycles. The van der Waals surface area contributed by atoms with Gasteiger partial charge in [-0.3, -0.25) is 0 Å². The van der Waals surface area contributed by atoms with Gasteiger partial charge in [0.15, 0.2) is 0 Å². The molecule has 5 nitrogen and oxygen atoms in total. The van der Waals surface area contributed by atoms with Crippen LogP contribution >= 0.6 is 0 Å². The van der Waals surface area contributed by atoms with Gasteiger partial charge in [-0.25, -0.2) is 4.98 Å². The van der Waals surface area contributed by atoms with Gasteiger partial charge in [0.05, 0.1) is 23.8 Å². The molecule has 0 unspecified atom stereocenters. The lowest BCUT2D eigenvalue weighted by Gasteiger charge is -2.08. The molecule has 0 bridgehead atoms. The third kappa shape index (κ3) is 2.32. The van der Waals surface area contributed by atoms with Gasteiger partial charge in [0.2, 0.25) is 5.95 Å². The first kappa shape index (κ1) is 11.8. The second kappa shape index (κ2) is 5.16. The summed E-state index contributed by atoms with van der Waals surface area (Å²) >= 11 is 0. The summed E-state index contributed by atoms with van der Waals surface area (Å²) < 4.78 is 7.40. The monoisotopic (exact) mass is 256 g/mol. The number of nitrogens with one attached hydrogen (secondary N) is 1. The van der Waals surface area contributed by atoms with Crippen LogP contribution in [-0.4, -0.2) is 16.1 Å². The van der Waals surface area contributed by atoms with E-state index in [1.807, 2.05) is 30.3 Å². The highest BCUT2D eigenvalue weighted by Crippen LogP contribution is 2.19. The van der Waals surface area contributed by atoms with Gasteiger partial charge in [0, 0.05) is 13.1 Å². The van der Waals surface area contributed by atoms with E-state index in [9.17, 15) is 0 Å². The summed E-state index contributed by atoms with van der Waals surface area (Å²) in [6, 6.07) is 11.9. The first-order valence-corrected chi connectivity index (χ1v) is 6.30. The largest absolute Gasteiger partial charge is 0.467 e. The van der Waals surface area contributed by atoms with Crippen LogP contribution in [0.25, 0.3) is 11.0 Å². The van der Waals surface area contributed by atoms with Crippen LogP contribution in [0.5, 0.6) is 0 Å². The van der Waals surface area contributed by atoms with Crippen LogP contribution in [0.1, 0.15) is 5.76 Å². The number of hydrogen-bond donors (Lipinski definition) is 2. The van der Waals surface area contributed by atoms with Gasteiger partial charge in [0.25, 0.3) is 0 Å². The Morgan fingerprint density at radius 3 is 2.89 bits per heavy atom. The van der Waals surface area contributed by atoms with Crippen LogP contribution in [0.3, 0.4) is 0 Å². The Bertz CT molecular complexity index is 657. The van der Waals surface area contributed by atoms with Crippen LogP contribution in [0.2, 0.25) is 0 Å². The molecule has 0 saturated heterocycles. The summed E-state index contributed by atoms with van der Waals surface area (Å²) in [6.45, 7) is 1.93. The van der Waals surface area contributed by atoms with Gasteiger partial charge in [-0.2, -0.15) is 0 Å². The number of para-hydroxylation sites is 2. The summed E-state index contributed by atoms with van der Waals surface area (Å²) in [5, 5.41) is 3.29. The number of imidazole rings is 1. The fourth-order valence-corrected chi connectivity index (χ4v) is 2.15. The molecule has 0 atom stereocenters. The van der Waals surface area contributed by atoms with Crippen molar-refractivity contribution in [1.29, 1.82) is 0 Å². The smallest absolute Gasteiger partial charge is 0.204 e. The standard InChI is InChI=1S/C14H16N4O/c15-7-8-18-13-6-2-1-5-12(13)17-14(18)16-10-11-4-3-9-19-11/h1-6,9H,7-8,10,15H2,(H,16,17). The van der Waals surface area contributed by atoms with Crippen molar-refractivity contribution in [2.24, 2.45) is 5.73 Å². The number of hydrogen-bond acceptors (Lipinski definition) is 4. The zero-order chi connectivity index (χ0) is 13.1. The average Bonchev–Trinajstić information content (AvgIpc) is 3.05. The predicted molar refractivity (Wildman–Crippen MR) is 74.8 cm³/mol. The summed E-state index contributed by atoms with van der Waals surface area (Å²) in [5.41, 5.74) is 7.74. The molecular formula is C14H16N4O. The Labute approximate surface area is 111 Å². The van der Waals surface area contributed by atoms with Crippen molar-refractivity contribution < 1.29 is 4.42 Å². The molecule has 98 valence electrons. The van der Waals surface area contributed by atoms with Crippen molar-refractivity contribution in [2.45, 2.75) is 13.1 Å². The third-order valence-electron chi connectivity index (χ3n) is 3.01. The zero-order valence-electron chi connectivity index (χ0n) is 10.5. The number of benzene rings is 1. The van der Waals surface area contributed by atoms with Crippen molar-refractivity contribution in [2.75, 3.05) is 11.9 Å². The number of rotatable bonds is 5. The molecule has 0 aliphatic rings. The van der Waals surface area contributed by atoms with Crippen molar-refractivity contribution in [3.05, 3.63) is 48.4 Å². The zero-order valence-corrected chi connectivity index (χ0v) is 10.5. The molecule has 0 radical (unpaired) electrons. The molecule has 0 saturated carbocycles. The maximum absolute atomic E-state index is 5.68. The van der Waals surface area contributed by atoms with E-state index in [1.165, 1.54) is 0 Å². The second-order valence-electron chi connectivity index (χ2n) is 4.30. The average molecular weight is 256 g/mol. The number of fused-ring (bicyclic) bond motifs is 1. The first-order chi connectivity index (χ1) is 9.38. The Morgan fingerprint density at radius 1 is 1.21 bits per heavy atom. The summed E-state index contributed by atoms with van der Waals surface area (Å²) in [7, 11) is 0. The van der Waals surface area contributed by atoms with Crippen molar-refractivity contribution in [1.82, 2.24) is 9.55 Å². The van der Waals surface area contributed by atoms with E-state index in [0.29, 0.717) is 13.1 Å². The van der Waals surface area contributed by atoms with Gasteiger partial charge >= 0.3 is 0 Å². The minimum Gasteiger partial charge on any atom is -0.467 e. The third-order valence-corrected chi connectivity index (χ3v) is 3.01. The number of anilines is 1. The molecule has 0 aliphatic heterocycles. The van der Waals surface area contributed by atoms with Crippen molar-refractivity contribution in [3.63, 3.8) is 0 Å². The summed E-state index contributed by atoms with van der Waals surface area (Å²) in [5.74, 6) is 1.70. The normalized spacial score (nSPS) is 11.0. The lowest BCUT2D eigenvalue weighted by molar-refractivity contribution is 0.517. The van der Waals surface area contributed by atoms with Crippen LogP contribution in [0.4, 0.5) is 5.95 Å². The maximum Gasteiger partial charge on any atom is 0.204 e. The van der Waals surface area contributed by atoms with Gasteiger partial charge in [-0.15, -0.1) is 0 Å². The van der Waals surface area contributed by atoms with Crippen LogP contribution < -0.4 is 11.1 Å². The second-order valence-corrected chi connectivity index (χ2v) is 4.30. The van der Waals surface area contributed by atoms with E-state index in [0.717, 1.165) is 29.3 Å². The lowest BCUT2D eigenvalue weighted by Crippen LogP contribution is -2.13. The Balaban J connectivity index is 1.90. The maximum atomic E-state index is 5.68. The van der Waals surface area contributed by atoms with Crippen LogP contribution in [0.15, 0.2) is 47.1 Å². The molecule has 0 fully saturated rings. The van der Waals surface area contributed by atoms with Gasteiger partial charge < -0.3 is 20.0 Å². The first-order valence-electron chi connectivity index (χ1n) is 6.30. The number of aromatic nitrogens is 2. The van der Waals surface area contributed by atoms with Crippen molar-refractivity contribution >= 4 is 17.0 Å².